The largest absolute Gasteiger partial charge is 0.492 e. The highest BCUT2D eigenvalue weighted by molar-refractivity contribution is 6.00. The summed E-state index contributed by atoms with van der Waals surface area (Å²) in [5, 5.41) is 0. The highest BCUT2D eigenvalue weighted by atomic mass is 16.5. The van der Waals surface area contributed by atoms with Gasteiger partial charge in [-0.2, -0.15) is 0 Å². The quantitative estimate of drug-likeness (QED) is 0.771. The van der Waals surface area contributed by atoms with Crippen LogP contribution in [0.15, 0.2) is 30.3 Å². The lowest BCUT2D eigenvalue weighted by atomic mass is 10.1. The number of aromatic nitrogens is 1. The average Bonchev–Trinajstić information content (AvgIpc) is 2.89. The van der Waals surface area contributed by atoms with Crippen LogP contribution in [-0.4, -0.2) is 48.1 Å². The van der Waals surface area contributed by atoms with Crippen molar-refractivity contribution in [3.05, 3.63) is 52.8 Å². The maximum atomic E-state index is 12.7. The number of hydrogen-bond acceptors (Lipinski definition) is 4. The first-order valence-electron chi connectivity index (χ1n) is 8.64. The molecule has 26 heavy (non-hydrogen) atoms. The summed E-state index contributed by atoms with van der Waals surface area (Å²) < 4.78 is 10.9. The zero-order chi connectivity index (χ0) is 19.3. The number of esters is 1. The van der Waals surface area contributed by atoms with E-state index in [1.165, 1.54) is 0 Å². The fourth-order valence-electron chi connectivity index (χ4n) is 2.65. The Morgan fingerprint density at radius 1 is 1.15 bits per heavy atom. The van der Waals surface area contributed by atoms with Gasteiger partial charge in [0, 0.05) is 12.7 Å². The minimum atomic E-state index is -0.416. The van der Waals surface area contributed by atoms with Crippen LogP contribution in [0.5, 0.6) is 5.75 Å². The van der Waals surface area contributed by atoms with Crippen molar-refractivity contribution in [2.24, 2.45) is 0 Å². The standard InChI is InChI=1S/C20H26N2O4/c1-13(2)26-20(24)17-14(3)18(21-15(17)4)19(23)22(5)11-12-25-16-9-7-6-8-10-16/h6-10,13,21H,11-12H2,1-5H3. The third-order valence-corrected chi connectivity index (χ3v) is 3.98. The topological polar surface area (TPSA) is 71.6 Å². The maximum Gasteiger partial charge on any atom is 0.340 e. The molecular formula is C20H26N2O4. The van der Waals surface area contributed by atoms with Crippen LogP contribution in [0.4, 0.5) is 0 Å². The smallest absolute Gasteiger partial charge is 0.340 e. The van der Waals surface area contributed by atoms with Crippen LogP contribution in [0, 0.1) is 13.8 Å². The first-order valence-corrected chi connectivity index (χ1v) is 8.64. The summed E-state index contributed by atoms with van der Waals surface area (Å²) in [6.07, 6.45) is -0.215. The Morgan fingerprint density at radius 3 is 2.42 bits per heavy atom. The van der Waals surface area contributed by atoms with Crippen molar-refractivity contribution in [2.45, 2.75) is 33.8 Å². The highest BCUT2D eigenvalue weighted by Gasteiger charge is 2.25. The average molecular weight is 358 g/mol. The molecule has 6 nitrogen and oxygen atoms in total. The monoisotopic (exact) mass is 358 g/mol. The lowest BCUT2D eigenvalue weighted by Gasteiger charge is -2.17. The zero-order valence-corrected chi connectivity index (χ0v) is 16.0. The molecule has 0 aliphatic heterocycles. The molecule has 0 saturated heterocycles. The molecule has 1 aromatic heterocycles. The molecule has 1 amide bonds. The van der Waals surface area contributed by atoms with E-state index in [9.17, 15) is 9.59 Å². The third kappa shape index (κ3) is 4.65. The summed E-state index contributed by atoms with van der Waals surface area (Å²) >= 11 is 0. The Kier molecular flexibility index (Phi) is 6.44. The summed E-state index contributed by atoms with van der Waals surface area (Å²) in [7, 11) is 1.71. The van der Waals surface area contributed by atoms with E-state index in [4.69, 9.17) is 9.47 Å². The second kappa shape index (κ2) is 8.56. The molecule has 0 fully saturated rings. The Balaban J connectivity index is 2.03. The molecule has 0 radical (unpaired) electrons. The molecule has 6 heteroatoms. The number of carbonyl (C=O) groups excluding carboxylic acids is 2. The van der Waals surface area contributed by atoms with E-state index in [1.807, 2.05) is 30.3 Å². The molecule has 0 saturated carbocycles. The number of hydrogen-bond donors (Lipinski definition) is 1. The van der Waals surface area contributed by atoms with Crippen molar-refractivity contribution in [3.8, 4) is 5.75 Å². The molecule has 1 aromatic carbocycles. The normalized spacial score (nSPS) is 10.7. The van der Waals surface area contributed by atoms with Crippen LogP contribution < -0.4 is 4.74 Å². The second-order valence-corrected chi connectivity index (χ2v) is 6.47. The Labute approximate surface area is 154 Å². The summed E-state index contributed by atoms with van der Waals surface area (Å²) in [6.45, 7) is 7.91. The number of benzene rings is 1. The van der Waals surface area contributed by atoms with Gasteiger partial charge in [0.25, 0.3) is 5.91 Å². The molecule has 2 rings (SSSR count). The van der Waals surface area contributed by atoms with Gasteiger partial charge in [0.1, 0.15) is 18.1 Å². The number of para-hydroxylation sites is 1. The van der Waals surface area contributed by atoms with Crippen LogP contribution in [0.25, 0.3) is 0 Å². The number of nitrogens with one attached hydrogen (secondary N) is 1. The van der Waals surface area contributed by atoms with Crippen LogP contribution in [-0.2, 0) is 4.74 Å². The fourth-order valence-corrected chi connectivity index (χ4v) is 2.65. The predicted octanol–water partition coefficient (Wildman–Crippen LogP) is 3.35. The molecule has 2 aromatic rings. The number of carbonyl (C=O) groups is 2. The Bertz CT molecular complexity index is 766. The molecule has 140 valence electrons. The number of aryl methyl sites for hydroxylation is 1. The van der Waals surface area contributed by atoms with Crippen LogP contribution >= 0.6 is 0 Å². The SMILES string of the molecule is Cc1[nH]c(C(=O)N(C)CCOc2ccccc2)c(C)c1C(=O)OC(C)C. The third-order valence-electron chi connectivity index (χ3n) is 3.98. The van der Waals surface area contributed by atoms with Crippen molar-refractivity contribution in [1.82, 2.24) is 9.88 Å². The van der Waals surface area contributed by atoms with Crippen LogP contribution in [0.3, 0.4) is 0 Å². The van der Waals surface area contributed by atoms with Crippen LogP contribution in [0.1, 0.15) is 46.0 Å². The van der Waals surface area contributed by atoms with Crippen molar-refractivity contribution in [2.75, 3.05) is 20.2 Å². The Morgan fingerprint density at radius 2 is 1.81 bits per heavy atom. The van der Waals surface area contributed by atoms with Crippen LogP contribution in [0.2, 0.25) is 0 Å². The number of likely N-dealkylation sites (N-methyl/N-ethyl adjacent to an activating group) is 1. The van der Waals surface area contributed by atoms with E-state index in [1.54, 1.807) is 39.6 Å². The van der Waals surface area contributed by atoms with E-state index in [0.29, 0.717) is 35.7 Å². The van der Waals surface area contributed by atoms with Crippen molar-refractivity contribution in [3.63, 3.8) is 0 Å². The molecule has 1 heterocycles. The molecule has 0 bridgehead atoms. The van der Waals surface area contributed by atoms with E-state index >= 15 is 0 Å². The number of amides is 1. The minimum Gasteiger partial charge on any atom is -0.492 e. The summed E-state index contributed by atoms with van der Waals surface area (Å²) in [4.78, 5) is 29.5. The molecule has 0 aliphatic rings. The van der Waals surface area contributed by atoms with Gasteiger partial charge in [0.2, 0.25) is 0 Å². The van der Waals surface area contributed by atoms with Gasteiger partial charge in [-0.05, 0) is 45.4 Å². The lowest BCUT2D eigenvalue weighted by molar-refractivity contribution is 0.0376. The zero-order valence-electron chi connectivity index (χ0n) is 16.0. The summed E-state index contributed by atoms with van der Waals surface area (Å²) in [5.74, 6) is 0.158. The van der Waals surface area contributed by atoms with Gasteiger partial charge in [-0.1, -0.05) is 18.2 Å². The fraction of sp³-hybridized carbons (Fsp3) is 0.400. The molecule has 0 aliphatic carbocycles. The highest BCUT2D eigenvalue weighted by Crippen LogP contribution is 2.20. The number of aromatic amines is 1. The van der Waals surface area contributed by atoms with Gasteiger partial charge in [-0.15, -0.1) is 0 Å². The van der Waals surface area contributed by atoms with E-state index in [2.05, 4.69) is 4.98 Å². The first kappa shape index (κ1) is 19.6. The van der Waals surface area contributed by atoms with Crippen molar-refractivity contribution < 1.29 is 19.1 Å². The number of nitrogens with zero attached hydrogens (tertiary/aromatic N) is 1. The van der Waals surface area contributed by atoms with Crippen molar-refractivity contribution in [1.29, 1.82) is 0 Å². The number of ether oxygens (including phenoxy) is 2. The maximum absolute atomic E-state index is 12.7. The van der Waals surface area contributed by atoms with E-state index in [0.717, 1.165) is 5.75 Å². The second-order valence-electron chi connectivity index (χ2n) is 6.47. The molecule has 1 N–H and O–H groups in total. The Hall–Kier alpha value is -2.76. The van der Waals surface area contributed by atoms with Gasteiger partial charge in [-0.3, -0.25) is 4.79 Å². The van der Waals surface area contributed by atoms with Gasteiger partial charge < -0.3 is 19.4 Å². The molecule has 0 unspecified atom stereocenters. The number of H-pyrrole nitrogens is 1. The van der Waals surface area contributed by atoms with Gasteiger partial charge in [-0.25, -0.2) is 4.79 Å². The van der Waals surface area contributed by atoms with Gasteiger partial charge >= 0.3 is 5.97 Å². The predicted molar refractivity (Wildman–Crippen MR) is 99.7 cm³/mol. The molecular weight excluding hydrogens is 332 g/mol. The van der Waals surface area contributed by atoms with Gasteiger partial charge in [0.05, 0.1) is 18.2 Å². The number of rotatable bonds is 7. The van der Waals surface area contributed by atoms with Gasteiger partial charge in [0.15, 0.2) is 0 Å². The lowest BCUT2D eigenvalue weighted by Crippen LogP contribution is -2.31. The summed E-state index contributed by atoms with van der Waals surface area (Å²) in [6, 6.07) is 9.45. The molecule has 0 spiro atoms. The minimum absolute atomic E-state index is 0.189. The van der Waals surface area contributed by atoms with Crippen molar-refractivity contribution >= 4 is 11.9 Å². The van der Waals surface area contributed by atoms with E-state index in [-0.39, 0.29) is 12.0 Å². The summed E-state index contributed by atoms with van der Waals surface area (Å²) in [5.41, 5.74) is 2.07. The van der Waals surface area contributed by atoms with E-state index < -0.39 is 5.97 Å². The first-order chi connectivity index (χ1) is 12.3. The molecule has 0 atom stereocenters.